The Morgan fingerprint density at radius 1 is 1.40 bits per heavy atom. The van der Waals surface area contributed by atoms with Gasteiger partial charge in [-0.3, -0.25) is 4.79 Å². The highest BCUT2D eigenvalue weighted by molar-refractivity contribution is 7.98. The Bertz CT molecular complexity index is 338. The summed E-state index contributed by atoms with van der Waals surface area (Å²) in [5.74, 6) is -0.344. The number of thioether (sulfide) groups is 1. The van der Waals surface area contributed by atoms with Crippen LogP contribution in [0, 0.1) is 5.92 Å². The molecule has 0 radical (unpaired) electrons. The highest BCUT2D eigenvalue weighted by atomic mass is 32.2. The minimum atomic E-state index is -0.797. The van der Waals surface area contributed by atoms with Crippen molar-refractivity contribution >= 4 is 23.8 Å². The van der Waals surface area contributed by atoms with Gasteiger partial charge in [0.15, 0.2) is 0 Å². The number of urea groups is 1. The van der Waals surface area contributed by atoms with Crippen LogP contribution >= 0.6 is 11.8 Å². The number of nitrogens with zero attached hydrogens (tertiary/aromatic N) is 1. The van der Waals surface area contributed by atoms with Gasteiger partial charge < -0.3 is 15.3 Å². The first-order valence-corrected chi connectivity index (χ1v) is 8.65. The molecule has 3 unspecified atom stereocenters. The average Bonchev–Trinajstić information content (AvgIpc) is 2.44. The fraction of sp³-hybridized carbons (Fsp3) is 0.857. The first-order valence-electron chi connectivity index (χ1n) is 7.26. The molecule has 0 aromatic rings. The first-order chi connectivity index (χ1) is 9.51. The molecule has 1 rings (SSSR count). The monoisotopic (exact) mass is 302 g/mol. The van der Waals surface area contributed by atoms with Crippen LogP contribution in [0.2, 0.25) is 0 Å². The summed E-state index contributed by atoms with van der Waals surface area (Å²) < 4.78 is 0. The van der Waals surface area contributed by atoms with Gasteiger partial charge in [0.2, 0.25) is 0 Å². The van der Waals surface area contributed by atoms with Crippen LogP contribution in [0.5, 0.6) is 0 Å². The van der Waals surface area contributed by atoms with Crippen molar-refractivity contribution in [2.75, 3.05) is 19.1 Å². The van der Waals surface area contributed by atoms with Crippen molar-refractivity contribution in [3.8, 4) is 0 Å². The van der Waals surface area contributed by atoms with Crippen molar-refractivity contribution in [2.24, 2.45) is 5.92 Å². The molecule has 1 aliphatic rings. The van der Waals surface area contributed by atoms with E-state index in [0.717, 1.165) is 31.4 Å². The van der Waals surface area contributed by atoms with E-state index in [1.807, 2.05) is 6.26 Å². The molecule has 1 aliphatic carbocycles. The third kappa shape index (κ3) is 4.58. The average molecular weight is 302 g/mol. The fourth-order valence-electron chi connectivity index (χ4n) is 2.72. The van der Waals surface area contributed by atoms with Crippen LogP contribution < -0.4 is 5.32 Å². The summed E-state index contributed by atoms with van der Waals surface area (Å²) in [4.78, 5) is 25.2. The number of carboxylic acid groups (broad SMARTS) is 1. The number of rotatable bonds is 6. The molecule has 3 atom stereocenters. The van der Waals surface area contributed by atoms with Gasteiger partial charge in [0.05, 0.1) is 5.92 Å². The third-order valence-electron chi connectivity index (χ3n) is 4.09. The lowest BCUT2D eigenvalue weighted by molar-refractivity contribution is -0.143. The Morgan fingerprint density at radius 3 is 2.60 bits per heavy atom. The van der Waals surface area contributed by atoms with Gasteiger partial charge in [0.25, 0.3) is 0 Å². The Labute approximate surface area is 125 Å². The van der Waals surface area contributed by atoms with Crippen LogP contribution in [0.25, 0.3) is 0 Å². The zero-order valence-electron chi connectivity index (χ0n) is 12.6. The van der Waals surface area contributed by atoms with Gasteiger partial charge >= 0.3 is 12.0 Å². The molecular weight excluding hydrogens is 276 g/mol. The summed E-state index contributed by atoms with van der Waals surface area (Å²) in [6.45, 7) is 2.06. The van der Waals surface area contributed by atoms with Gasteiger partial charge in [-0.1, -0.05) is 19.8 Å². The maximum absolute atomic E-state index is 12.3. The number of carbonyl (C=O) groups excluding carboxylic acids is 1. The molecule has 2 N–H and O–H groups in total. The highest BCUT2D eigenvalue weighted by Gasteiger charge is 2.33. The van der Waals surface area contributed by atoms with Crippen molar-refractivity contribution < 1.29 is 14.7 Å². The van der Waals surface area contributed by atoms with E-state index in [-0.39, 0.29) is 18.1 Å². The second kappa shape index (κ2) is 8.39. The van der Waals surface area contributed by atoms with Crippen LogP contribution in [0.15, 0.2) is 0 Å². The summed E-state index contributed by atoms with van der Waals surface area (Å²) >= 11 is 1.72. The molecule has 0 bridgehead atoms. The molecule has 0 saturated heterocycles. The molecule has 6 heteroatoms. The number of hydrogen-bond donors (Lipinski definition) is 2. The molecule has 1 saturated carbocycles. The molecule has 0 aromatic carbocycles. The van der Waals surface area contributed by atoms with Gasteiger partial charge in [0, 0.05) is 24.9 Å². The lowest BCUT2D eigenvalue weighted by Gasteiger charge is -2.33. The molecule has 5 nitrogen and oxygen atoms in total. The van der Waals surface area contributed by atoms with Crippen LogP contribution in [0.1, 0.15) is 39.0 Å². The summed E-state index contributed by atoms with van der Waals surface area (Å²) in [7, 11) is 1.79. The maximum Gasteiger partial charge on any atom is 0.317 e. The summed E-state index contributed by atoms with van der Waals surface area (Å²) in [5.41, 5.74) is 0. The number of hydrogen-bond acceptors (Lipinski definition) is 3. The van der Waals surface area contributed by atoms with Crippen LogP contribution in [0.3, 0.4) is 0 Å². The maximum atomic E-state index is 12.3. The van der Waals surface area contributed by atoms with Gasteiger partial charge in [0.1, 0.15) is 0 Å². The van der Waals surface area contributed by atoms with Crippen LogP contribution in [-0.2, 0) is 4.79 Å². The zero-order valence-corrected chi connectivity index (χ0v) is 13.4. The van der Waals surface area contributed by atoms with E-state index in [1.54, 1.807) is 23.7 Å². The molecule has 0 aliphatic heterocycles. The van der Waals surface area contributed by atoms with Gasteiger partial charge in [-0.15, -0.1) is 0 Å². The Balaban J connectivity index is 2.60. The van der Waals surface area contributed by atoms with Crippen molar-refractivity contribution in [2.45, 2.75) is 51.1 Å². The molecular formula is C14H26N2O3S. The first kappa shape index (κ1) is 17.1. The third-order valence-corrected chi connectivity index (χ3v) is 4.81. The minimum absolute atomic E-state index is 0.149. The van der Waals surface area contributed by atoms with Crippen LogP contribution in [-0.4, -0.2) is 53.1 Å². The lowest BCUT2D eigenvalue weighted by Crippen LogP contribution is -2.52. The summed E-state index contributed by atoms with van der Waals surface area (Å²) in [6.07, 6.45) is 6.26. The topological polar surface area (TPSA) is 69.6 Å². The lowest BCUT2D eigenvalue weighted by atomic mass is 9.84. The number of carbonyl (C=O) groups is 2. The second-order valence-corrected chi connectivity index (χ2v) is 6.32. The quantitative estimate of drug-likeness (QED) is 0.790. The van der Waals surface area contributed by atoms with E-state index < -0.39 is 11.9 Å². The van der Waals surface area contributed by atoms with Crippen molar-refractivity contribution in [3.63, 3.8) is 0 Å². The standard InChI is InChI=1S/C14H26N2O3S/c1-4-10(9-20-3)16(2)14(19)15-12-8-6-5-7-11(12)13(17)18/h10-12H,4-9H2,1-3H3,(H,15,19)(H,17,18). The predicted molar refractivity (Wildman–Crippen MR) is 82.1 cm³/mol. The largest absolute Gasteiger partial charge is 0.481 e. The minimum Gasteiger partial charge on any atom is -0.481 e. The Kier molecular flexibility index (Phi) is 7.19. The van der Waals surface area contributed by atoms with E-state index >= 15 is 0 Å². The molecule has 0 spiro atoms. The Morgan fingerprint density at radius 2 is 2.05 bits per heavy atom. The fourth-order valence-corrected chi connectivity index (χ4v) is 3.57. The highest BCUT2D eigenvalue weighted by Crippen LogP contribution is 2.25. The van der Waals surface area contributed by atoms with Crippen molar-refractivity contribution in [3.05, 3.63) is 0 Å². The predicted octanol–water partition coefficient (Wildman–Crippen LogP) is 2.41. The summed E-state index contributed by atoms with van der Waals surface area (Å²) in [5, 5.41) is 12.2. The second-order valence-electron chi connectivity index (χ2n) is 5.41. The van der Waals surface area contributed by atoms with E-state index in [1.165, 1.54) is 0 Å². The summed E-state index contributed by atoms with van der Waals surface area (Å²) in [6, 6.07) is -0.191. The number of carboxylic acids is 1. The SMILES string of the molecule is CCC(CSC)N(C)C(=O)NC1CCCCC1C(=O)O. The zero-order chi connectivity index (χ0) is 15.1. The molecule has 2 amide bonds. The normalized spacial score (nSPS) is 23.9. The van der Waals surface area contributed by atoms with Crippen LogP contribution in [0.4, 0.5) is 4.79 Å². The number of nitrogens with one attached hydrogen (secondary N) is 1. The molecule has 116 valence electrons. The smallest absolute Gasteiger partial charge is 0.317 e. The van der Waals surface area contributed by atoms with Crippen molar-refractivity contribution in [1.29, 1.82) is 0 Å². The van der Waals surface area contributed by atoms with Crippen molar-refractivity contribution in [1.82, 2.24) is 10.2 Å². The molecule has 0 heterocycles. The van der Waals surface area contributed by atoms with Gasteiger partial charge in [-0.05, 0) is 25.5 Å². The number of amides is 2. The van der Waals surface area contributed by atoms with Gasteiger partial charge in [-0.25, -0.2) is 4.79 Å². The van der Waals surface area contributed by atoms with Gasteiger partial charge in [-0.2, -0.15) is 11.8 Å². The molecule has 0 aromatic heterocycles. The van der Waals surface area contributed by atoms with E-state index in [9.17, 15) is 14.7 Å². The molecule has 1 fully saturated rings. The number of aliphatic carboxylic acids is 1. The molecule has 20 heavy (non-hydrogen) atoms. The van der Waals surface area contributed by atoms with E-state index in [4.69, 9.17) is 0 Å². The van der Waals surface area contributed by atoms with E-state index in [2.05, 4.69) is 12.2 Å². The Hall–Kier alpha value is -0.910. The van der Waals surface area contributed by atoms with E-state index in [0.29, 0.717) is 6.42 Å².